The number of hydrogen-bond acceptors (Lipinski definition) is 4. The number of halogens is 3. The minimum Gasteiger partial charge on any atom is -0.367 e. The lowest BCUT2D eigenvalue weighted by atomic mass is 10.1. The molecule has 6 nitrogen and oxygen atoms in total. The van der Waals surface area contributed by atoms with Crippen molar-refractivity contribution in [2.24, 2.45) is 4.99 Å². The Morgan fingerprint density at radius 1 is 1.14 bits per heavy atom. The first-order valence-electron chi connectivity index (χ1n) is 9.90. The van der Waals surface area contributed by atoms with Crippen LogP contribution in [-0.4, -0.2) is 81.4 Å². The van der Waals surface area contributed by atoms with Crippen molar-refractivity contribution in [1.82, 2.24) is 20.4 Å². The molecule has 0 spiro atoms. The van der Waals surface area contributed by atoms with Crippen LogP contribution in [0, 0.1) is 0 Å². The van der Waals surface area contributed by atoms with Crippen molar-refractivity contribution >= 4 is 5.96 Å². The number of likely N-dealkylation sites (N-methyl/N-ethyl adjacent to an activating group) is 2. The van der Waals surface area contributed by atoms with Crippen LogP contribution >= 0.6 is 0 Å². The molecule has 2 rings (SSSR count). The van der Waals surface area contributed by atoms with E-state index in [0.29, 0.717) is 18.2 Å². The first-order chi connectivity index (χ1) is 13.8. The fourth-order valence-corrected chi connectivity index (χ4v) is 3.07. The summed E-state index contributed by atoms with van der Waals surface area (Å²) in [5.41, 5.74) is 1.69. The monoisotopic (exact) mass is 415 g/mol. The molecule has 164 valence electrons. The van der Waals surface area contributed by atoms with Crippen LogP contribution in [0.3, 0.4) is 0 Å². The predicted octanol–water partition coefficient (Wildman–Crippen LogP) is 2.07. The maximum absolute atomic E-state index is 12.1. The van der Waals surface area contributed by atoms with Crippen LogP contribution in [0.25, 0.3) is 0 Å². The maximum atomic E-state index is 12.1. The van der Waals surface area contributed by atoms with E-state index in [0.717, 1.165) is 44.2 Å². The van der Waals surface area contributed by atoms with Crippen molar-refractivity contribution in [3.8, 4) is 0 Å². The second-order valence-corrected chi connectivity index (χ2v) is 7.40. The Balaban J connectivity index is 1.84. The van der Waals surface area contributed by atoms with Crippen LogP contribution in [0.2, 0.25) is 0 Å². The molecule has 1 fully saturated rings. The second-order valence-electron chi connectivity index (χ2n) is 7.40. The van der Waals surface area contributed by atoms with E-state index in [9.17, 15) is 13.2 Å². The topological polar surface area (TPSA) is 52.1 Å². The molecule has 0 radical (unpaired) electrons. The number of benzene rings is 1. The molecule has 1 unspecified atom stereocenters. The lowest BCUT2D eigenvalue weighted by Gasteiger charge is -2.37. The van der Waals surface area contributed by atoms with Crippen molar-refractivity contribution in [1.29, 1.82) is 0 Å². The zero-order valence-electron chi connectivity index (χ0n) is 17.4. The standard InChI is InChI=1S/C20H32F3N5O/c1-4-24-19(26-12-18-13-27(2)9-10-28(18)3)25-11-16-5-7-17(8-6-16)14-29-15-20(21,22)23/h5-8,18H,4,9-15H2,1-3H3,(H2,24,25,26). The molecule has 2 N–H and O–H groups in total. The van der Waals surface area contributed by atoms with Crippen molar-refractivity contribution in [2.75, 3.05) is 53.4 Å². The molecule has 0 amide bonds. The van der Waals surface area contributed by atoms with E-state index in [4.69, 9.17) is 0 Å². The van der Waals surface area contributed by atoms with Gasteiger partial charge in [0.15, 0.2) is 5.96 Å². The highest BCUT2D eigenvalue weighted by atomic mass is 19.4. The fourth-order valence-electron chi connectivity index (χ4n) is 3.07. The van der Waals surface area contributed by atoms with Crippen molar-refractivity contribution in [3.05, 3.63) is 35.4 Å². The summed E-state index contributed by atoms with van der Waals surface area (Å²) in [6.07, 6.45) is -4.30. The largest absolute Gasteiger partial charge is 0.411 e. The van der Waals surface area contributed by atoms with Gasteiger partial charge in [0.1, 0.15) is 6.61 Å². The minimum atomic E-state index is -4.30. The molecule has 29 heavy (non-hydrogen) atoms. The van der Waals surface area contributed by atoms with Gasteiger partial charge < -0.3 is 20.3 Å². The highest BCUT2D eigenvalue weighted by Gasteiger charge is 2.27. The summed E-state index contributed by atoms with van der Waals surface area (Å²) in [6, 6.07) is 7.70. The molecule has 1 aromatic rings. The molecule has 1 heterocycles. The summed E-state index contributed by atoms with van der Waals surface area (Å²) >= 11 is 0. The second kappa shape index (κ2) is 11.4. The van der Waals surface area contributed by atoms with E-state index in [1.54, 1.807) is 12.1 Å². The number of hydrogen-bond donors (Lipinski definition) is 2. The average Bonchev–Trinajstić information content (AvgIpc) is 2.66. The van der Waals surface area contributed by atoms with Gasteiger partial charge in [-0.05, 0) is 32.1 Å². The molecule has 1 atom stereocenters. The van der Waals surface area contributed by atoms with Gasteiger partial charge in [0.25, 0.3) is 0 Å². The average molecular weight is 416 g/mol. The van der Waals surface area contributed by atoms with Crippen molar-refractivity contribution < 1.29 is 17.9 Å². The normalized spacial score (nSPS) is 19.4. The Labute approximate surface area is 171 Å². The van der Waals surface area contributed by atoms with Gasteiger partial charge in [-0.15, -0.1) is 0 Å². The van der Waals surface area contributed by atoms with Gasteiger partial charge in [-0.3, -0.25) is 4.90 Å². The van der Waals surface area contributed by atoms with Gasteiger partial charge in [-0.1, -0.05) is 24.3 Å². The predicted molar refractivity (Wildman–Crippen MR) is 109 cm³/mol. The Kier molecular flexibility index (Phi) is 9.19. The van der Waals surface area contributed by atoms with Crippen molar-refractivity contribution in [2.45, 2.75) is 32.3 Å². The molecule has 1 saturated heterocycles. The Morgan fingerprint density at radius 2 is 1.83 bits per heavy atom. The summed E-state index contributed by atoms with van der Waals surface area (Å²) in [5, 5.41) is 6.66. The summed E-state index contributed by atoms with van der Waals surface area (Å²) in [4.78, 5) is 9.31. The zero-order chi connectivity index (χ0) is 21.3. The Morgan fingerprint density at radius 3 is 2.48 bits per heavy atom. The quantitative estimate of drug-likeness (QED) is 0.503. The van der Waals surface area contributed by atoms with Crippen LogP contribution in [0.5, 0.6) is 0 Å². The molecule has 1 aromatic carbocycles. The van der Waals surface area contributed by atoms with E-state index in [2.05, 4.69) is 44.3 Å². The van der Waals surface area contributed by atoms with Crippen LogP contribution in [0.15, 0.2) is 29.3 Å². The van der Waals surface area contributed by atoms with Gasteiger partial charge in [-0.25, -0.2) is 4.99 Å². The lowest BCUT2D eigenvalue weighted by Crippen LogP contribution is -2.55. The summed E-state index contributed by atoms with van der Waals surface area (Å²) in [5.74, 6) is 0.756. The third kappa shape index (κ3) is 9.01. The smallest absolute Gasteiger partial charge is 0.367 e. The number of nitrogens with one attached hydrogen (secondary N) is 2. The van der Waals surface area contributed by atoms with E-state index < -0.39 is 12.8 Å². The molecular weight excluding hydrogens is 383 g/mol. The van der Waals surface area contributed by atoms with Gasteiger partial charge in [-0.2, -0.15) is 13.2 Å². The molecule has 0 saturated carbocycles. The highest BCUT2D eigenvalue weighted by molar-refractivity contribution is 5.79. The van der Waals surface area contributed by atoms with Crippen LogP contribution in [-0.2, 0) is 17.9 Å². The first-order valence-corrected chi connectivity index (χ1v) is 9.90. The van der Waals surface area contributed by atoms with Gasteiger partial charge in [0.05, 0.1) is 13.2 Å². The fraction of sp³-hybridized carbons (Fsp3) is 0.650. The van der Waals surface area contributed by atoms with Crippen molar-refractivity contribution in [3.63, 3.8) is 0 Å². The number of piperazine rings is 1. The molecule has 0 aromatic heterocycles. The summed E-state index contributed by atoms with van der Waals surface area (Å²) < 4.78 is 41.1. The number of rotatable bonds is 8. The van der Waals surface area contributed by atoms with Crippen LogP contribution < -0.4 is 10.6 Å². The highest BCUT2D eigenvalue weighted by Crippen LogP contribution is 2.16. The maximum Gasteiger partial charge on any atom is 0.411 e. The van der Waals surface area contributed by atoms with Crippen LogP contribution in [0.1, 0.15) is 18.1 Å². The van der Waals surface area contributed by atoms with E-state index in [1.807, 2.05) is 19.1 Å². The lowest BCUT2D eigenvalue weighted by molar-refractivity contribution is -0.176. The zero-order valence-corrected chi connectivity index (χ0v) is 17.4. The van der Waals surface area contributed by atoms with Gasteiger partial charge >= 0.3 is 6.18 Å². The van der Waals surface area contributed by atoms with E-state index >= 15 is 0 Å². The Bertz CT molecular complexity index is 636. The Hall–Kier alpha value is -1.84. The molecule has 9 heteroatoms. The molecule has 0 bridgehead atoms. The number of nitrogens with zero attached hydrogens (tertiary/aromatic N) is 3. The number of guanidine groups is 1. The molecule has 1 aliphatic heterocycles. The SMILES string of the molecule is CCNC(=NCc1ccc(COCC(F)(F)F)cc1)NCC1CN(C)CCN1C. The van der Waals surface area contributed by atoms with E-state index in [-0.39, 0.29) is 6.61 Å². The number of aliphatic imine (C=N–C) groups is 1. The van der Waals surface area contributed by atoms with Crippen LogP contribution in [0.4, 0.5) is 13.2 Å². The summed E-state index contributed by atoms with van der Waals surface area (Å²) in [7, 11) is 4.28. The number of ether oxygens (including phenoxy) is 1. The number of alkyl halides is 3. The minimum absolute atomic E-state index is 0.0589. The molecular formula is C20H32F3N5O. The van der Waals surface area contributed by atoms with Gasteiger partial charge in [0.2, 0.25) is 0 Å². The first kappa shape index (κ1) is 23.4. The molecule has 0 aliphatic carbocycles. The summed E-state index contributed by atoms with van der Waals surface area (Å²) in [6.45, 7) is 5.94. The third-order valence-electron chi connectivity index (χ3n) is 4.81. The van der Waals surface area contributed by atoms with E-state index in [1.165, 1.54) is 0 Å². The third-order valence-corrected chi connectivity index (χ3v) is 4.81. The molecule has 1 aliphatic rings. The van der Waals surface area contributed by atoms with Gasteiger partial charge in [0, 0.05) is 38.8 Å².